The summed E-state index contributed by atoms with van der Waals surface area (Å²) < 4.78 is 57.1. The van der Waals surface area contributed by atoms with Crippen molar-refractivity contribution >= 4 is 27.3 Å². The zero-order chi connectivity index (χ0) is 19.5. The molecule has 1 amide bonds. The molecule has 0 unspecified atom stereocenters. The number of benzene rings is 2. The van der Waals surface area contributed by atoms with Gasteiger partial charge in [0.05, 0.1) is 24.7 Å². The number of carbonyl (C=O) groups is 1. The third-order valence-electron chi connectivity index (χ3n) is 3.59. The Morgan fingerprint density at radius 2 is 1.88 bits per heavy atom. The van der Waals surface area contributed by atoms with Crippen LogP contribution in [-0.4, -0.2) is 33.7 Å². The number of halogens is 2. The summed E-state index contributed by atoms with van der Waals surface area (Å²) in [5, 5.41) is 2.27. The van der Waals surface area contributed by atoms with Gasteiger partial charge in [0.15, 0.2) is 0 Å². The van der Waals surface area contributed by atoms with Gasteiger partial charge in [-0.3, -0.25) is 9.10 Å². The highest BCUT2D eigenvalue weighted by Crippen LogP contribution is 2.26. The van der Waals surface area contributed by atoms with Gasteiger partial charge in [-0.25, -0.2) is 17.2 Å². The first-order valence-electron chi connectivity index (χ1n) is 7.53. The fourth-order valence-electron chi connectivity index (χ4n) is 2.38. The average molecular weight is 384 g/mol. The average Bonchev–Trinajstić information content (AvgIpc) is 2.56. The van der Waals surface area contributed by atoms with E-state index in [4.69, 9.17) is 4.74 Å². The van der Waals surface area contributed by atoms with Crippen LogP contribution in [0.15, 0.2) is 42.5 Å². The lowest BCUT2D eigenvalue weighted by molar-refractivity contribution is -0.116. The Morgan fingerprint density at radius 1 is 1.19 bits per heavy atom. The number of nitrogens with zero attached hydrogens (tertiary/aromatic N) is 1. The van der Waals surface area contributed by atoms with E-state index in [0.29, 0.717) is 11.8 Å². The molecule has 0 aliphatic heterocycles. The van der Waals surface area contributed by atoms with E-state index in [1.54, 1.807) is 12.1 Å². The molecule has 6 nitrogen and oxygen atoms in total. The second kappa shape index (κ2) is 7.69. The van der Waals surface area contributed by atoms with Crippen molar-refractivity contribution in [1.29, 1.82) is 0 Å². The molecule has 0 aliphatic rings. The topological polar surface area (TPSA) is 75.7 Å². The molecule has 2 rings (SSSR count). The summed E-state index contributed by atoms with van der Waals surface area (Å²) in [6, 6.07) is 7.65. The molecule has 140 valence electrons. The fraction of sp³-hybridized carbons (Fsp3) is 0.235. The van der Waals surface area contributed by atoms with Crippen LogP contribution in [0.2, 0.25) is 0 Å². The molecule has 0 aliphatic carbocycles. The Balaban J connectivity index is 2.34. The summed E-state index contributed by atoms with van der Waals surface area (Å²) in [5.74, 6) is -2.11. The highest BCUT2D eigenvalue weighted by atomic mass is 32.2. The predicted octanol–water partition coefficient (Wildman–Crippen LogP) is 2.77. The van der Waals surface area contributed by atoms with E-state index in [1.807, 2.05) is 0 Å². The minimum absolute atomic E-state index is 0.217. The van der Waals surface area contributed by atoms with Gasteiger partial charge in [-0.15, -0.1) is 0 Å². The smallest absolute Gasteiger partial charge is 0.248 e. The van der Waals surface area contributed by atoms with Gasteiger partial charge in [0.1, 0.15) is 23.4 Å². The quantitative estimate of drug-likeness (QED) is 0.831. The van der Waals surface area contributed by atoms with Crippen molar-refractivity contribution in [1.82, 2.24) is 0 Å². The van der Waals surface area contributed by atoms with Crippen molar-refractivity contribution in [3.05, 3.63) is 54.1 Å². The molecule has 0 heterocycles. The number of methoxy groups -OCH3 is 1. The third kappa shape index (κ3) is 4.48. The molecule has 9 heteroatoms. The van der Waals surface area contributed by atoms with Crippen LogP contribution in [-0.2, 0) is 14.8 Å². The highest BCUT2D eigenvalue weighted by Gasteiger charge is 2.29. The Kier molecular flexibility index (Phi) is 5.81. The number of nitrogens with one attached hydrogen (secondary N) is 1. The second-order valence-corrected chi connectivity index (χ2v) is 7.41. The zero-order valence-corrected chi connectivity index (χ0v) is 15.2. The first-order chi connectivity index (χ1) is 12.1. The molecule has 0 saturated carbocycles. The van der Waals surface area contributed by atoms with Gasteiger partial charge in [-0.2, -0.15) is 0 Å². The van der Waals surface area contributed by atoms with Gasteiger partial charge in [-0.05, 0) is 31.2 Å². The maximum Gasteiger partial charge on any atom is 0.248 e. The van der Waals surface area contributed by atoms with Crippen molar-refractivity contribution in [2.24, 2.45) is 0 Å². The number of amides is 1. The molecule has 26 heavy (non-hydrogen) atoms. The normalized spacial score (nSPS) is 12.3. The first-order valence-corrected chi connectivity index (χ1v) is 9.37. The summed E-state index contributed by atoms with van der Waals surface area (Å²) in [5.41, 5.74) is -0.0311. The number of hydrogen-bond acceptors (Lipinski definition) is 4. The Bertz CT molecular complexity index is 919. The number of ether oxygens (including phenoxy) is 1. The largest absolute Gasteiger partial charge is 0.497 e. The third-order valence-corrected chi connectivity index (χ3v) is 4.83. The van der Waals surface area contributed by atoms with Crippen LogP contribution >= 0.6 is 0 Å². The molecule has 0 spiro atoms. The highest BCUT2D eigenvalue weighted by molar-refractivity contribution is 7.92. The number of hydrogen-bond donors (Lipinski definition) is 1. The van der Waals surface area contributed by atoms with Gasteiger partial charge in [0.25, 0.3) is 0 Å². The number of rotatable bonds is 6. The predicted molar refractivity (Wildman–Crippen MR) is 94.8 cm³/mol. The van der Waals surface area contributed by atoms with Crippen LogP contribution in [0.5, 0.6) is 5.75 Å². The fourth-order valence-corrected chi connectivity index (χ4v) is 3.55. The Labute approximate surface area is 150 Å². The van der Waals surface area contributed by atoms with Crippen molar-refractivity contribution < 1.29 is 26.7 Å². The molecular weight excluding hydrogens is 366 g/mol. The van der Waals surface area contributed by atoms with Crippen LogP contribution in [0.25, 0.3) is 0 Å². The molecule has 0 fully saturated rings. The van der Waals surface area contributed by atoms with E-state index < -0.39 is 33.6 Å². The van der Waals surface area contributed by atoms with Crippen molar-refractivity contribution in [2.45, 2.75) is 13.0 Å². The zero-order valence-electron chi connectivity index (χ0n) is 14.4. The summed E-state index contributed by atoms with van der Waals surface area (Å²) in [4.78, 5) is 12.5. The van der Waals surface area contributed by atoms with Crippen LogP contribution in [0, 0.1) is 11.6 Å². The molecule has 0 bridgehead atoms. The Hall–Kier alpha value is -2.68. The molecule has 0 radical (unpaired) electrons. The summed E-state index contributed by atoms with van der Waals surface area (Å²) in [6.45, 7) is 1.36. The molecule has 2 aromatic rings. The maximum absolute atomic E-state index is 13.7. The molecule has 0 saturated heterocycles. The summed E-state index contributed by atoms with van der Waals surface area (Å²) in [6.07, 6.45) is 0.953. The number of anilines is 2. The van der Waals surface area contributed by atoms with E-state index in [1.165, 1.54) is 26.2 Å². The van der Waals surface area contributed by atoms with E-state index in [-0.39, 0.29) is 11.4 Å². The van der Waals surface area contributed by atoms with Crippen LogP contribution in [0.1, 0.15) is 6.92 Å². The van der Waals surface area contributed by atoms with Crippen molar-refractivity contribution in [3.63, 3.8) is 0 Å². The molecule has 1 atom stereocenters. The minimum atomic E-state index is -3.83. The van der Waals surface area contributed by atoms with E-state index >= 15 is 0 Å². The molecule has 2 aromatic carbocycles. The van der Waals surface area contributed by atoms with Gasteiger partial charge >= 0.3 is 0 Å². The first kappa shape index (κ1) is 19.6. The Morgan fingerprint density at radius 3 is 2.46 bits per heavy atom. The molecule has 0 aromatic heterocycles. The second-order valence-electron chi connectivity index (χ2n) is 5.55. The van der Waals surface area contributed by atoms with E-state index in [9.17, 15) is 22.0 Å². The van der Waals surface area contributed by atoms with Crippen molar-refractivity contribution in [2.75, 3.05) is 23.0 Å². The summed E-state index contributed by atoms with van der Waals surface area (Å²) in [7, 11) is -2.41. The lowest BCUT2D eigenvalue weighted by atomic mass is 10.2. The van der Waals surface area contributed by atoms with Crippen LogP contribution < -0.4 is 14.4 Å². The van der Waals surface area contributed by atoms with E-state index in [0.717, 1.165) is 22.7 Å². The number of carbonyl (C=O) groups excluding carboxylic acids is 1. The minimum Gasteiger partial charge on any atom is -0.497 e. The molecule has 1 N–H and O–H groups in total. The van der Waals surface area contributed by atoms with Gasteiger partial charge in [0.2, 0.25) is 15.9 Å². The standard InChI is InChI=1S/C17H18F2N2O4S/c1-11(17(22)20-16-8-7-12(18)9-15(16)19)21(26(3,23)24)13-5-4-6-14(10-13)25-2/h4-11H,1-3H3,(H,20,22)/t11-/m0/s1. The van der Waals surface area contributed by atoms with Gasteiger partial charge < -0.3 is 10.1 Å². The molecular formula is C17H18F2N2O4S. The monoisotopic (exact) mass is 384 g/mol. The van der Waals surface area contributed by atoms with Gasteiger partial charge in [0, 0.05) is 12.1 Å². The van der Waals surface area contributed by atoms with Crippen LogP contribution in [0.3, 0.4) is 0 Å². The van der Waals surface area contributed by atoms with E-state index in [2.05, 4.69) is 5.32 Å². The van der Waals surface area contributed by atoms with Crippen LogP contribution in [0.4, 0.5) is 20.2 Å². The van der Waals surface area contributed by atoms with Crippen molar-refractivity contribution in [3.8, 4) is 5.75 Å². The lowest BCUT2D eigenvalue weighted by Gasteiger charge is -2.28. The lowest BCUT2D eigenvalue weighted by Crippen LogP contribution is -2.45. The van der Waals surface area contributed by atoms with Gasteiger partial charge in [-0.1, -0.05) is 6.07 Å². The SMILES string of the molecule is COc1cccc(N([C@@H](C)C(=O)Nc2ccc(F)cc2F)S(C)(=O)=O)c1. The summed E-state index contributed by atoms with van der Waals surface area (Å²) >= 11 is 0. The maximum atomic E-state index is 13.7. The number of sulfonamides is 1.